The van der Waals surface area contributed by atoms with Crippen LogP contribution in [0.15, 0.2) is 54.6 Å². The number of aliphatic hydroxyl groups excluding tert-OH is 1. The van der Waals surface area contributed by atoms with Crippen LogP contribution in [0.1, 0.15) is 23.5 Å². The van der Waals surface area contributed by atoms with Crippen LogP contribution in [0.5, 0.6) is 5.75 Å². The maximum atomic E-state index is 12.4. The summed E-state index contributed by atoms with van der Waals surface area (Å²) in [5, 5.41) is 9.59. The molecule has 0 bridgehead atoms. The van der Waals surface area contributed by atoms with E-state index in [4.69, 9.17) is 4.74 Å². The first kappa shape index (κ1) is 15.3. The number of hydrogen-bond donors (Lipinski definition) is 1. The molecule has 0 fully saturated rings. The predicted octanol–water partition coefficient (Wildman–Crippen LogP) is 2.97. The van der Waals surface area contributed by atoms with Gasteiger partial charge in [0.25, 0.3) is 0 Å². The molecule has 21 heavy (non-hydrogen) atoms. The number of benzene rings is 2. The van der Waals surface area contributed by atoms with E-state index < -0.39 is 5.92 Å². The van der Waals surface area contributed by atoms with Gasteiger partial charge in [-0.15, -0.1) is 0 Å². The maximum Gasteiger partial charge on any atom is 0.143 e. The van der Waals surface area contributed by atoms with Crippen LogP contribution in [0.25, 0.3) is 0 Å². The standard InChI is InChI=1S/C18H20O3/c1-21-18-10-6-5-9-15(18)16(13-19)17(20)12-11-14-7-3-2-4-8-14/h2-10,16,19H,11-13H2,1H3. The maximum absolute atomic E-state index is 12.4. The Labute approximate surface area is 125 Å². The van der Waals surface area contributed by atoms with Crippen LogP contribution in [0.3, 0.4) is 0 Å². The first-order valence-electron chi connectivity index (χ1n) is 7.06. The molecule has 0 saturated heterocycles. The molecule has 0 aliphatic heterocycles. The second-order valence-corrected chi connectivity index (χ2v) is 4.93. The van der Waals surface area contributed by atoms with Gasteiger partial charge in [-0.1, -0.05) is 48.5 Å². The van der Waals surface area contributed by atoms with Gasteiger partial charge in [-0.25, -0.2) is 0 Å². The minimum atomic E-state index is -0.523. The van der Waals surface area contributed by atoms with Gasteiger partial charge in [0.15, 0.2) is 0 Å². The highest BCUT2D eigenvalue weighted by molar-refractivity contribution is 5.86. The van der Waals surface area contributed by atoms with Crippen LogP contribution < -0.4 is 4.74 Å². The van der Waals surface area contributed by atoms with Crippen LogP contribution in [0.4, 0.5) is 0 Å². The van der Waals surface area contributed by atoms with Crippen LogP contribution >= 0.6 is 0 Å². The summed E-state index contributed by atoms with van der Waals surface area (Å²) in [6, 6.07) is 17.2. The van der Waals surface area contributed by atoms with Crippen molar-refractivity contribution < 1.29 is 14.6 Å². The van der Waals surface area contributed by atoms with Crippen molar-refractivity contribution in [1.29, 1.82) is 0 Å². The molecule has 0 aromatic heterocycles. The van der Waals surface area contributed by atoms with Gasteiger partial charge >= 0.3 is 0 Å². The molecule has 0 radical (unpaired) electrons. The lowest BCUT2D eigenvalue weighted by molar-refractivity contribution is -0.121. The molecule has 1 unspecified atom stereocenters. The summed E-state index contributed by atoms with van der Waals surface area (Å²) < 4.78 is 5.28. The average Bonchev–Trinajstić information content (AvgIpc) is 2.55. The van der Waals surface area contributed by atoms with E-state index in [0.29, 0.717) is 18.6 Å². The van der Waals surface area contributed by atoms with Crippen molar-refractivity contribution in [3.63, 3.8) is 0 Å². The van der Waals surface area contributed by atoms with Crippen LogP contribution in [0, 0.1) is 0 Å². The molecule has 2 rings (SSSR count). The van der Waals surface area contributed by atoms with E-state index >= 15 is 0 Å². The van der Waals surface area contributed by atoms with Gasteiger partial charge in [-0.05, 0) is 18.1 Å². The van der Waals surface area contributed by atoms with Crippen LogP contribution in [-0.2, 0) is 11.2 Å². The third kappa shape index (κ3) is 3.92. The lowest BCUT2D eigenvalue weighted by Gasteiger charge is -2.16. The Kier molecular flexibility index (Phi) is 5.52. The largest absolute Gasteiger partial charge is 0.496 e. The quantitative estimate of drug-likeness (QED) is 0.850. The summed E-state index contributed by atoms with van der Waals surface area (Å²) in [6.45, 7) is -0.200. The van der Waals surface area contributed by atoms with E-state index in [-0.39, 0.29) is 12.4 Å². The number of para-hydroxylation sites is 1. The Morgan fingerprint density at radius 2 is 1.76 bits per heavy atom. The number of aliphatic hydroxyl groups is 1. The number of Topliss-reactive ketones (excluding diaryl/α,β-unsaturated/α-hetero) is 1. The van der Waals surface area contributed by atoms with E-state index in [2.05, 4.69) is 0 Å². The van der Waals surface area contributed by atoms with E-state index in [1.54, 1.807) is 7.11 Å². The fourth-order valence-corrected chi connectivity index (χ4v) is 2.41. The van der Waals surface area contributed by atoms with Gasteiger partial charge in [0.05, 0.1) is 19.6 Å². The van der Waals surface area contributed by atoms with E-state index in [1.807, 2.05) is 54.6 Å². The first-order chi connectivity index (χ1) is 10.3. The molecular formula is C18H20O3. The van der Waals surface area contributed by atoms with E-state index in [9.17, 15) is 9.90 Å². The topological polar surface area (TPSA) is 46.5 Å². The number of carbonyl (C=O) groups excluding carboxylic acids is 1. The van der Waals surface area contributed by atoms with Gasteiger partial charge < -0.3 is 9.84 Å². The van der Waals surface area contributed by atoms with E-state index in [1.165, 1.54) is 0 Å². The number of carbonyl (C=O) groups is 1. The smallest absolute Gasteiger partial charge is 0.143 e. The highest BCUT2D eigenvalue weighted by Crippen LogP contribution is 2.28. The summed E-state index contributed by atoms with van der Waals surface area (Å²) in [7, 11) is 1.57. The molecule has 0 aliphatic rings. The molecule has 1 atom stereocenters. The Balaban J connectivity index is 2.08. The van der Waals surface area contributed by atoms with Gasteiger partial charge in [0.1, 0.15) is 11.5 Å². The molecule has 0 heterocycles. The number of hydrogen-bond acceptors (Lipinski definition) is 3. The van der Waals surface area contributed by atoms with Crippen LogP contribution in [-0.4, -0.2) is 24.6 Å². The van der Waals surface area contributed by atoms with Crippen molar-refractivity contribution in [2.75, 3.05) is 13.7 Å². The summed E-state index contributed by atoms with van der Waals surface area (Å²) in [5.74, 6) is 0.153. The average molecular weight is 284 g/mol. The monoisotopic (exact) mass is 284 g/mol. The van der Waals surface area contributed by atoms with Gasteiger partial charge in [-0.3, -0.25) is 4.79 Å². The second kappa shape index (κ2) is 7.60. The minimum absolute atomic E-state index is 0.0332. The minimum Gasteiger partial charge on any atom is -0.496 e. The molecule has 110 valence electrons. The molecule has 2 aromatic carbocycles. The summed E-state index contributed by atoms with van der Waals surface area (Å²) in [6.07, 6.45) is 1.10. The molecule has 0 spiro atoms. The fourth-order valence-electron chi connectivity index (χ4n) is 2.41. The molecule has 0 amide bonds. The Bertz CT molecular complexity index is 578. The van der Waals surface area contributed by atoms with Gasteiger partial charge in [0, 0.05) is 12.0 Å². The number of rotatable bonds is 7. The molecule has 3 nitrogen and oxygen atoms in total. The van der Waals surface area contributed by atoms with Crippen molar-refractivity contribution in [1.82, 2.24) is 0 Å². The molecule has 0 saturated carbocycles. The zero-order chi connectivity index (χ0) is 15.1. The van der Waals surface area contributed by atoms with Crippen molar-refractivity contribution in [3.05, 3.63) is 65.7 Å². The molecule has 3 heteroatoms. The highest BCUT2D eigenvalue weighted by Gasteiger charge is 2.22. The molecular weight excluding hydrogens is 264 g/mol. The second-order valence-electron chi connectivity index (χ2n) is 4.93. The lowest BCUT2D eigenvalue weighted by atomic mass is 9.91. The number of ether oxygens (including phenoxy) is 1. The van der Waals surface area contributed by atoms with Gasteiger partial charge in [-0.2, -0.15) is 0 Å². The number of ketones is 1. The van der Waals surface area contributed by atoms with Crippen molar-refractivity contribution in [2.45, 2.75) is 18.8 Å². The Morgan fingerprint density at radius 1 is 1.10 bits per heavy atom. The Hall–Kier alpha value is -2.13. The summed E-state index contributed by atoms with van der Waals surface area (Å²) in [4.78, 5) is 12.4. The molecule has 2 aromatic rings. The zero-order valence-electron chi connectivity index (χ0n) is 12.2. The predicted molar refractivity (Wildman–Crippen MR) is 82.6 cm³/mol. The fraction of sp³-hybridized carbons (Fsp3) is 0.278. The van der Waals surface area contributed by atoms with Crippen LogP contribution in [0.2, 0.25) is 0 Å². The third-order valence-electron chi connectivity index (χ3n) is 3.59. The SMILES string of the molecule is COc1ccccc1C(CO)C(=O)CCc1ccccc1. The molecule has 1 N–H and O–H groups in total. The third-order valence-corrected chi connectivity index (χ3v) is 3.59. The summed E-state index contributed by atoms with van der Waals surface area (Å²) in [5.41, 5.74) is 1.88. The van der Waals surface area contributed by atoms with Crippen molar-refractivity contribution in [3.8, 4) is 5.75 Å². The van der Waals surface area contributed by atoms with Gasteiger partial charge in [0.2, 0.25) is 0 Å². The lowest BCUT2D eigenvalue weighted by Crippen LogP contribution is -2.18. The van der Waals surface area contributed by atoms with Crippen molar-refractivity contribution >= 4 is 5.78 Å². The Morgan fingerprint density at radius 3 is 2.43 bits per heavy atom. The number of aryl methyl sites for hydroxylation is 1. The highest BCUT2D eigenvalue weighted by atomic mass is 16.5. The zero-order valence-corrected chi connectivity index (χ0v) is 12.2. The number of methoxy groups -OCH3 is 1. The first-order valence-corrected chi connectivity index (χ1v) is 7.06. The normalized spacial score (nSPS) is 11.9. The molecule has 0 aliphatic carbocycles. The van der Waals surface area contributed by atoms with E-state index in [0.717, 1.165) is 11.1 Å². The van der Waals surface area contributed by atoms with Crippen molar-refractivity contribution in [2.24, 2.45) is 0 Å². The summed E-state index contributed by atoms with van der Waals surface area (Å²) >= 11 is 0.